The lowest BCUT2D eigenvalue weighted by Crippen LogP contribution is -2.17. The van der Waals surface area contributed by atoms with Gasteiger partial charge in [-0.1, -0.05) is 88.4 Å². The highest BCUT2D eigenvalue weighted by molar-refractivity contribution is 5.80. The number of nitrogens with zero attached hydrogens (tertiary/aromatic N) is 1. The van der Waals surface area contributed by atoms with Gasteiger partial charge in [-0.05, 0) is 88.4 Å². The fourth-order valence-corrected chi connectivity index (χ4v) is 5.84. The van der Waals surface area contributed by atoms with Gasteiger partial charge in [0.15, 0.2) is 0 Å². The molecule has 0 bridgehead atoms. The van der Waals surface area contributed by atoms with Gasteiger partial charge in [0.05, 0.1) is 0 Å². The summed E-state index contributed by atoms with van der Waals surface area (Å²) in [7, 11) is 0. The molecule has 0 unspecified atom stereocenters. The van der Waals surface area contributed by atoms with Crippen LogP contribution in [-0.2, 0) is 10.8 Å². The molecule has 0 saturated heterocycles. The summed E-state index contributed by atoms with van der Waals surface area (Å²) in [5.74, 6) is 0. The molecule has 0 heterocycles. The molecule has 0 spiro atoms. The Bertz CT molecular complexity index is 1240. The molecule has 0 saturated carbocycles. The van der Waals surface area contributed by atoms with Crippen molar-refractivity contribution in [2.45, 2.75) is 51.9 Å². The summed E-state index contributed by atoms with van der Waals surface area (Å²) in [6, 6.07) is 35.2. The van der Waals surface area contributed by atoms with Crippen molar-refractivity contribution in [2.75, 3.05) is 4.90 Å². The molecular formula is C32H33N. The van der Waals surface area contributed by atoms with Crippen molar-refractivity contribution in [2.24, 2.45) is 0 Å². The Morgan fingerprint density at radius 3 is 1.67 bits per heavy atom. The second kappa shape index (κ2) is 7.92. The molecule has 1 nitrogen and oxygen atoms in total. The van der Waals surface area contributed by atoms with Crippen LogP contribution in [0.1, 0.15) is 50.8 Å². The molecule has 0 fully saturated rings. The van der Waals surface area contributed by atoms with Crippen LogP contribution in [0.5, 0.6) is 0 Å². The van der Waals surface area contributed by atoms with Gasteiger partial charge >= 0.3 is 0 Å². The van der Waals surface area contributed by atoms with E-state index in [0.29, 0.717) is 0 Å². The molecule has 1 heteroatoms. The minimum absolute atomic E-state index is 0.210. The monoisotopic (exact) mass is 431 g/mol. The average Bonchev–Trinajstić information content (AvgIpc) is 2.99. The summed E-state index contributed by atoms with van der Waals surface area (Å²) < 4.78 is 0. The first-order chi connectivity index (χ1) is 15.8. The third-order valence-corrected chi connectivity index (χ3v) is 7.16. The van der Waals surface area contributed by atoms with Crippen molar-refractivity contribution < 1.29 is 0 Å². The number of hydrogen-bond acceptors (Lipinski definition) is 1. The quantitative estimate of drug-likeness (QED) is 0.311. The Labute approximate surface area is 198 Å². The number of rotatable bonds is 4. The highest BCUT2D eigenvalue weighted by Crippen LogP contribution is 2.50. The Morgan fingerprint density at radius 1 is 0.576 bits per heavy atom. The highest BCUT2D eigenvalue weighted by atomic mass is 15.1. The summed E-state index contributed by atoms with van der Waals surface area (Å²) in [5.41, 5.74) is 10.8. The lowest BCUT2D eigenvalue weighted by atomic mass is 9.82. The summed E-state index contributed by atoms with van der Waals surface area (Å²) in [5, 5.41) is 0. The second-order valence-corrected chi connectivity index (χ2v) is 10.7. The second-order valence-electron chi connectivity index (χ2n) is 10.7. The van der Waals surface area contributed by atoms with E-state index in [-0.39, 0.29) is 10.8 Å². The number of aryl methyl sites for hydroxylation is 1. The van der Waals surface area contributed by atoms with Gasteiger partial charge in [-0.2, -0.15) is 0 Å². The summed E-state index contributed by atoms with van der Waals surface area (Å²) >= 11 is 0. The number of fused-ring (bicyclic) bond motifs is 1. The van der Waals surface area contributed by atoms with E-state index in [1.54, 1.807) is 0 Å². The van der Waals surface area contributed by atoms with Crippen molar-refractivity contribution in [3.05, 3.63) is 114 Å². The van der Waals surface area contributed by atoms with Crippen molar-refractivity contribution in [1.82, 2.24) is 0 Å². The first kappa shape index (κ1) is 21.5. The van der Waals surface area contributed by atoms with E-state index < -0.39 is 0 Å². The van der Waals surface area contributed by atoms with Gasteiger partial charge in [-0.3, -0.25) is 0 Å². The molecule has 0 aromatic heterocycles. The molecule has 4 aromatic carbocycles. The van der Waals surface area contributed by atoms with Crippen LogP contribution in [0.4, 0.5) is 17.1 Å². The Balaban J connectivity index is 1.58. The standard InChI is InChI=1S/C32H33N/c1-23-20-24(25-16-18-28-29(21-25)32(4,5)22-31(28,2)3)17-19-30(23)33(26-12-8-6-9-13-26)27-14-10-7-11-15-27/h6-21H,22H2,1-5H3. The van der Waals surface area contributed by atoms with Gasteiger partial charge in [-0.15, -0.1) is 0 Å². The molecule has 166 valence electrons. The Hall–Kier alpha value is -3.32. The third-order valence-electron chi connectivity index (χ3n) is 7.16. The molecule has 0 atom stereocenters. The fourth-order valence-electron chi connectivity index (χ4n) is 5.84. The van der Waals surface area contributed by atoms with Crippen LogP contribution >= 0.6 is 0 Å². The zero-order valence-corrected chi connectivity index (χ0v) is 20.4. The molecule has 5 rings (SSSR count). The SMILES string of the molecule is Cc1cc(-c2ccc3c(c2)C(C)(C)CC3(C)C)ccc1N(c1ccccc1)c1ccccc1. The van der Waals surface area contributed by atoms with Crippen molar-refractivity contribution in [3.8, 4) is 11.1 Å². The maximum absolute atomic E-state index is 2.44. The Morgan fingerprint density at radius 2 is 1.09 bits per heavy atom. The van der Waals surface area contributed by atoms with Crippen molar-refractivity contribution >= 4 is 17.1 Å². The van der Waals surface area contributed by atoms with E-state index in [2.05, 4.69) is 137 Å². The predicted octanol–water partition coefficient (Wildman–Crippen LogP) is 9.09. The van der Waals surface area contributed by atoms with Crippen LogP contribution in [-0.4, -0.2) is 0 Å². The van der Waals surface area contributed by atoms with Crippen LogP contribution in [0, 0.1) is 6.92 Å². The molecule has 0 amide bonds. The van der Waals surface area contributed by atoms with E-state index in [1.807, 2.05) is 0 Å². The summed E-state index contributed by atoms with van der Waals surface area (Å²) in [6.07, 6.45) is 1.19. The molecule has 33 heavy (non-hydrogen) atoms. The van der Waals surface area contributed by atoms with E-state index >= 15 is 0 Å². The summed E-state index contributed by atoms with van der Waals surface area (Å²) in [6.45, 7) is 11.7. The summed E-state index contributed by atoms with van der Waals surface area (Å²) in [4.78, 5) is 2.34. The van der Waals surface area contributed by atoms with E-state index in [0.717, 1.165) is 0 Å². The number of anilines is 3. The van der Waals surface area contributed by atoms with Crippen molar-refractivity contribution in [1.29, 1.82) is 0 Å². The number of para-hydroxylation sites is 2. The minimum atomic E-state index is 0.210. The zero-order valence-electron chi connectivity index (χ0n) is 20.4. The maximum atomic E-state index is 2.44. The largest absolute Gasteiger partial charge is 0.310 e. The van der Waals surface area contributed by atoms with Crippen LogP contribution in [0.25, 0.3) is 11.1 Å². The molecule has 4 aromatic rings. The fraction of sp³-hybridized carbons (Fsp3) is 0.250. The van der Waals surface area contributed by atoms with E-state index in [9.17, 15) is 0 Å². The topological polar surface area (TPSA) is 3.24 Å². The minimum Gasteiger partial charge on any atom is -0.310 e. The average molecular weight is 432 g/mol. The molecule has 0 N–H and O–H groups in total. The molecule has 1 aliphatic carbocycles. The van der Waals surface area contributed by atoms with Crippen LogP contribution in [0.3, 0.4) is 0 Å². The first-order valence-electron chi connectivity index (χ1n) is 11.9. The zero-order chi connectivity index (χ0) is 23.2. The maximum Gasteiger partial charge on any atom is 0.0491 e. The van der Waals surface area contributed by atoms with Gasteiger partial charge in [-0.25, -0.2) is 0 Å². The number of hydrogen-bond donors (Lipinski definition) is 0. The van der Waals surface area contributed by atoms with E-state index in [1.165, 1.54) is 51.3 Å². The third kappa shape index (κ3) is 3.86. The smallest absolute Gasteiger partial charge is 0.0491 e. The van der Waals surface area contributed by atoms with Gasteiger partial charge in [0.2, 0.25) is 0 Å². The van der Waals surface area contributed by atoms with Gasteiger partial charge in [0.25, 0.3) is 0 Å². The lowest BCUT2D eigenvalue weighted by molar-refractivity contribution is 0.403. The van der Waals surface area contributed by atoms with Crippen LogP contribution in [0.15, 0.2) is 97.1 Å². The highest BCUT2D eigenvalue weighted by Gasteiger charge is 2.41. The van der Waals surface area contributed by atoms with E-state index in [4.69, 9.17) is 0 Å². The number of benzene rings is 4. The van der Waals surface area contributed by atoms with Crippen LogP contribution < -0.4 is 4.90 Å². The molecule has 0 radical (unpaired) electrons. The molecular weight excluding hydrogens is 398 g/mol. The predicted molar refractivity (Wildman–Crippen MR) is 142 cm³/mol. The van der Waals surface area contributed by atoms with Crippen molar-refractivity contribution in [3.63, 3.8) is 0 Å². The van der Waals surface area contributed by atoms with Gasteiger partial charge in [0, 0.05) is 17.1 Å². The molecule has 0 aliphatic heterocycles. The lowest BCUT2D eigenvalue weighted by Gasteiger charge is -2.27. The first-order valence-corrected chi connectivity index (χ1v) is 11.9. The normalized spacial score (nSPS) is 15.8. The Kier molecular flexibility index (Phi) is 5.16. The molecule has 1 aliphatic rings. The van der Waals surface area contributed by atoms with Gasteiger partial charge < -0.3 is 4.90 Å². The van der Waals surface area contributed by atoms with Gasteiger partial charge in [0.1, 0.15) is 0 Å². The van der Waals surface area contributed by atoms with Crippen LogP contribution in [0.2, 0.25) is 0 Å².